The van der Waals surface area contributed by atoms with E-state index >= 15 is 0 Å². The highest BCUT2D eigenvalue weighted by Gasteiger charge is 2.38. The average molecular weight is 212 g/mol. The Morgan fingerprint density at radius 3 is 2.33 bits per heavy atom. The summed E-state index contributed by atoms with van der Waals surface area (Å²) in [6.45, 7) is 4.14. The van der Waals surface area contributed by atoms with Crippen molar-refractivity contribution in [3.05, 3.63) is 0 Å². The molecule has 3 aliphatic rings. The third-order valence-electron chi connectivity index (χ3n) is 3.70. The molecule has 3 saturated heterocycles. The summed E-state index contributed by atoms with van der Waals surface area (Å²) < 4.78 is 16.1. The van der Waals surface area contributed by atoms with Gasteiger partial charge in [0.15, 0.2) is 0 Å². The normalized spacial score (nSPS) is 43.8. The summed E-state index contributed by atoms with van der Waals surface area (Å²) in [6.07, 6.45) is 7.16. The van der Waals surface area contributed by atoms with Crippen LogP contribution in [0.15, 0.2) is 0 Å². The molecule has 3 nitrogen and oxygen atoms in total. The molecule has 5 atom stereocenters. The number of ether oxygens (including phenoxy) is 3. The van der Waals surface area contributed by atoms with Crippen LogP contribution in [0.3, 0.4) is 0 Å². The van der Waals surface area contributed by atoms with Gasteiger partial charge in [0, 0.05) is 0 Å². The summed E-state index contributed by atoms with van der Waals surface area (Å²) >= 11 is 0. The van der Waals surface area contributed by atoms with Crippen molar-refractivity contribution in [3.63, 3.8) is 0 Å². The van der Waals surface area contributed by atoms with Crippen LogP contribution in [-0.2, 0) is 14.2 Å². The molecule has 0 spiro atoms. The third kappa shape index (κ3) is 3.16. The topological polar surface area (TPSA) is 37.6 Å². The summed E-state index contributed by atoms with van der Waals surface area (Å²) in [7, 11) is 0. The summed E-state index contributed by atoms with van der Waals surface area (Å²) in [5, 5.41) is 0. The maximum atomic E-state index is 5.50. The molecule has 0 radical (unpaired) electrons. The maximum Gasteiger partial charge on any atom is 0.0841 e. The van der Waals surface area contributed by atoms with E-state index in [2.05, 4.69) is 6.92 Å². The minimum Gasteiger partial charge on any atom is -0.373 e. The quantitative estimate of drug-likeness (QED) is 0.603. The van der Waals surface area contributed by atoms with Gasteiger partial charge in [0.2, 0.25) is 0 Å². The van der Waals surface area contributed by atoms with Gasteiger partial charge >= 0.3 is 0 Å². The van der Waals surface area contributed by atoms with E-state index in [1.54, 1.807) is 0 Å². The molecular formula is C12H20O3. The minimum atomic E-state index is 0.504. The van der Waals surface area contributed by atoms with Crippen molar-refractivity contribution in [1.29, 1.82) is 0 Å². The van der Waals surface area contributed by atoms with E-state index in [1.807, 2.05) is 0 Å². The first-order chi connectivity index (χ1) is 7.31. The van der Waals surface area contributed by atoms with Gasteiger partial charge < -0.3 is 14.2 Å². The molecule has 0 N–H and O–H groups in total. The van der Waals surface area contributed by atoms with E-state index in [-0.39, 0.29) is 0 Å². The van der Waals surface area contributed by atoms with E-state index in [1.165, 1.54) is 25.7 Å². The van der Waals surface area contributed by atoms with Crippen LogP contribution in [0.2, 0.25) is 0 Å². The van der Waals surface area contributed by atoms with Gasteiger partial charge in [-0.05, 0) is 38.5 Å². The van der Waals surface area contributed by atoms with Crippen molar-refractivity contribution in [2.45, 2.75) is 57.0 Å². The Balaban J connectivity index is 1.40. The molecule has 3 heteroatoms. The Morgan fingerprint density at radius 2 is 1.80 bits per heavy atom. The zero-order chi connectivity index (χ0) is 10.3. The van der Waals surface area contributed by atoms with Gasteiger partial charge in [-0.15, -0.1) is 0 Å². The molecular weight excluding hydrogens is 192 g/mol. The summed E-state index contributed by atoms with van der Waals surface area (Å²) in [5.41, 5.74) is 0. The fourth-order valence-electron chi connectivity index (χ4n) is 2.37. The predicted octanol–water partition coefficient (Wildman–Crippen LogP) is 1.75. The maximum absolute atomic E-state index is 5.50. The largest absolute Gasteiger partial charge is 0.373 e. The smallest absolute Gasteiger partial charge is 0.0841 e. The summed E-state index contributed by atoms with van der Waals surface area (Å²) in [4.78, 5) is 0. The van der Waals surface area contributed by atoms with E-state index < -0.39 is 0 Å². The van der Waals surface area contributed by atoms with Gasteiger partial charge in [0.25, 0.3) is 0 Å². The second kappa shape index (κ2) is 4.04. The highest BCUT2D eigenvalue weighted by Crippen LogP contribution is 2.35. The lowest BCUT2D eigenvalue weighted by Crippen LogP contribution is -2.10. The Morgan fingerprint density at radius 1 is 1.13 bits per heavy atom. The van der Waals surface area contributed by atoms with Crippen molar-refractivity contribution in [3.8, 4) is 0 Å². The van der Waals surface area contributed by atoms with Crippen LogP contribution in [0.1, 0.15) is 32.6 Å². The first-order valence-corrected chi connectivity index (χ1v) is 6.20. The van der Waals surface area contributed by atoms with Gasteiger partial charge in [0.1, 0.15) is 0 Å². The fraction of sp³-hybridized carbons (Fsp3) is 1.00. The number of epoxide rings is 3. The van der Waals surface area contributed by atoms with Crippen LogP contribution < -0.4 is 0 Å². The van der Waals surface area contributed by atoms with Crippen molar-refractivity contribution >= 4 is 0 Å². The Hall–Kier alpha value is -0.120. The molecule has 3 aliphatic heterocycles. The second-order valence-corrected chi connectivity index (χ2v) is 5.21. The Kier molecular flexibility index (Phi) is 2.71. The van der Waals surface area contributed by atoms with Crippen molar-refractivity contribution in [1.82, 2.24) is 0 Å². The van der Waals surface area contributed by atoms with Gasteiger partial charge in [0.05, 0.1) is 37.6 Å². The molecule has 0 aromatic carbocycles. The Bertz CT molecular complexity index is 223. The molecule has 0 aromatic heterocycles. The number of hydrogen-bond acceptors (Lipinski definition) is 3. The molecule has 0 saturated carbocycles. The number of rotatable bonds is 7. The summed E-state index contributed by atoms with van der Waals surface area (Å²) in [6, 6.07) is 0. The van der Waals surface area contributed by atoms with Crippen molar-refractivity contribution < 1.29 is 14.2 Å². The van der Waals surface area contributed by atoms with Crippen LogP contribution in [0, 0.1) is 5.92 Å². The standard InChI is InChI=1S/C12H20O3/c1-8-12(15-8)5-9(4-11-7-14-11)2-3-10-6-13-10/h8-12H,2-7H2,1H3. The average Bonchev–Trinajstić information content (AvgIpc) is 3.03. The lowest BCUT2D eigenvalue weighted by molar-refractivity contribution is 0.281. The molecule has 0 aliphatic carbocycles. The molecule has 15 heavy (non-hydrogen) atoms. The summed E-state index contributed by atoms with van der Waals surface area (Å²) in [5.74, 6) is 0.789. The SMILES string of the molecule is CC1OC1CC(CCC1CO1)CC1CO1. The van der Waals surface area contributed by atoms with Crippen LogP contribution in [-0.4, -0.2) is 37.6 Å². The van der Waals surface area contributed by atoms with Crippen LogP contribution >= 0.6 is 0 Å². The molecule has 3 fully saturated rings. The second-order valence-electron chi connectivity index (χ2n) is 5.21. The number of hydrogen-bond donors (Lipinski definition) is 0. The first kappa shape index (κ1) is 10.1. The van der Waals surface area contributed by atoms with Gasteiger partial charge in [-0.3, -0.25) is 0 Å². The fourth-order valence-corrected chi connectivity index (χ4v) is 2.37. The van der Waals surface area contributed by atoms with E-state index in [9.17, 15) is 0 Å². The molecule has 5 unspecified atom stereocenters. The van der Waals surface area contributed by atoms with E-state index in [0.29, 0.717) is 24.4 Å². The van der Waals surface area contributed by atoms with Crippen LogP contribution in [0.25, 0.3) is 0 Å². The zero-order valence-corrected chi connectivity index (χ0v) is 9.35. The molecule has 3 heterocycles. The lowest BCUT2D eigenvalue weighted by Gasteiger charge is -2.13. The van der Waals surface area contributed by atoms with Crippen LogP contribution in [0.5, 0.6) is 0 Å². The predicted molar refractivity (Wildman–Crippen MR) is 55.8 cm³/mol. The lowest BCUT2D eigenvalue weighted by atomic mass is 9.91. The molecule has 86 valence electrons. The highest BCUT2D eigenvalue weighted by atomic mass is 16.6. The molecule has 0 bridgehead atoms. The molecule has 3 rings (SSSR count). The minimum absolute atomic E-state index is 0.504. The third-order valence-corrected chi connectivity index (χ3v) is 3.70. The molecule has 0 aromatic rings. The van der Waals surface area contributed by atoms with E-state index in [4.69, 9.17) is 14.2 Å². The van der Waals surface area contributed by atoms with Gasteiger partial charge in [-0.2, -0.15) is 0 Å². The van der Waals surface area contributed by atoms with Gasteiger partial charge in [-0.25, -0.2) is 0 Å². The van der Waals surface area contributed by atoms with Crippen molar-refractivity contribution in [2.75, 3.05) is 13.2 Å². The monoisotopic (exact) mass is 212 g/mol. The van der Waals surface area contributed by atoms with E-state index in [0.717, 1.165) is 19.1 Å². The van der Waals surface area contributed by atoms with Crippen molar-refractivity contribution in [2.24, 2.45) is 5.92 Å². The Labute approximate surface area is 91.1 Å². The van der Waals surface area contributed by atoms with Crippen LogP contribution in [0.4, 0.5) is 0 Å². The molecule has 0 amide bonds. The highest BCUT2D eigenvalue weighted by molar-refractivity contribution is 4.86. The van der Waals surface area contributed by atoms with Gasteiger partial charge in [-0.1, -0.05) is 0 Å². The first-order valence-electron chi connectivity index (χ1n) is 6.20. The zero-order valence-electron chi connectivity index (χ0n) is 9.35.